The minimum atomic E-state index is -1.49. The molecule has 0 saturated carbocycles. The summed E-state index contributed by atoms with van der Waals surface area (Å²) in [4.78, 5) is 34.4. The quantitative estimate of drug-likeness (QED) is 0.551. The zero-order valence-electron chi connectivity index (χ0n) is 10.7. The van der Waals surface area contributed by atoms with Crippen molar-refractivity contribution in [2.24, 2.45) is 0 Å². The Kier molecular flexibility index (Phi) is 4.38. The van der Waals surface area contributed by atoms with Crippen molar-refractivity contribution in [1.29, 1.82) is 0 Å². The summed E-state index contributed by atoms with van der Waals surface area (Å²) in [6, 6.07) is -1.49. The molecule has 8 heteroatoms. The number of carbonyl (C=O) groups excluding carboxylic acids is 1. The van der Waals surface area contributed by atoms with Gasteiger partial charge in [-0.3, -0.25) is 9.59 Å². The molecule has 2 atom stereocenters. The average molecular weight is 269 g/mol. The van der Waals surface area contributed by atoms with Gasteiger partial charge in [0.1, 0.15) is 5.56 Å². The smallest absolute Gasteiger partial charge is 0.328 e. The lowest BCUT2D eigenvalue weighted by atomic mass is 10.1. The van der Waals surface area contributed by atoms with Gasteiger partial charge in [0.15, 0.2) is 6.04 Å². The molecular formula is C11H15N3O5. The van der Waals surface area contributed by atoms with Crippen LogP contribution in [0.25, 0.3) is 0 Å². The van der Waals surface area contributed by atoms with E-state index >= 15 is 0 Å². The van der Waals surface area contributed by atoms with Gasteiger partial charge in [0.2, 0.25) is 0 Å². The number of carboxylic acid groups (broad SMARTS) is 1. The Morgan fingerprint density at radius 3 is 2.42 bits per heavy atom. The van der Waals surface area contributed by atoms with Gasteiger partial charge in [0.25, 0.3) is 11.5 Å². The fourth-order valence-corrected chi connectivity index (χ4v) is 1.50. The average Bonchev–Trinajstić information content (AvgIpc) is 2.30. The van der Waals surface area contributed by atoms with Crippen LogP contribution in [0.15, 0.2) is 4.79 Å². The van der Waals surface area contributed by atoms with Gasteiger partial charge in [-0.2, -0.15) is 5.10 Å². The van der Waals surface area contributed by atoms with Crippen molar-refractivity contribution in [2.45, 2.75) is 32.9 Å². The first-order chi connectivity index (χ1) is 8.75. The van der Waals surface area contributed by atoms with E-state index in [1.807, 2.05) is 0 Å². The second-order valence-electron chi connectivity index (χ2n) is 4.17. The molecule has 0 fully saturated rings. The van der Waals surface area contributed by atoms with Crippen LogP contribution in [0, 0.1) is 13.8 Å². The molecule has 0 aromatic carbocycles. The molecule has 0 radical (unpaired) electrons. The molecular weight excluding hydrogens is 254 g/mol. The SMILES string of the molecule is Cc1n[nH]c(=O)c(C(=O)NC(C(=O)O)C(C)O)c1C. The minimum absolute atomic E-state index is 0.209. The summed E-state index contributed by atoms with van der Waals surface area (Å²) in [5, 5.41) is 26.1. The maximum Gasteiger partial charge on any atom is 0.328 e. The molecule has 2 unspecified atom stereocenters. The molecule has 104 valence electrons. The number of carbonyl (C=O) groups is 2. The van der Waals surface area contributed by atoms with Crippen LogP contribution in [-0.2, 0) is 4.79 Å². The number of amides is 1. The van der Waals surface area contributed by atoms with Crippen LogP contribution >= 0.6 is 0 Å². The van der Waals surface area contributed by atoms with Gasteiger partial charge in [0, 0.05) is 0 Å². The Hall–Kier alpha value is -2.22. The first-order valence-corrected chi connectivity index (χ1v) is 5.53. The zero-order chi connectivity index (χ0) is 14.7. The predicted molar refractivity (Wildman–Crippen MR) is 64.9 cm³/mol. The number of H-pyrrole nitrogens is 1. The van der Waals surface area contributed by atoms with Crippen molar-refractivity contribution in [3.8, 4) is 0 Å². The van der Waals surface area contributed by atoms with E-state index in [0.717, 1.165) is 0 Å². The maximum absolute atomic E-state index is 11.9. The summed E-state index contributed by atoms with van der Waals surface area (Å²) in [7, 11) is 0. The number of nitrogens with zero attached hydrogens (tertiary/aromatic N) is 1. The van der Waals surface area contributed by atoms with Crippen LogP contribution < -0.4 is 10.9 Å². The molecule has 0 bridgehead atoms. The van der Waals surface area contributed by atoms with Gasteiger partial charge < -0.3 is 15.5 Å². The Labute approximate surface area is 108 Å². The number of aliphatic carboxylic acids is 1. The highest BCUT2D eigenvalue weighted by atomic mass is 16.4. The molecule has 1 aromatic rings. The van der Waals surface area contributed by atoms with Crippen molar-refractivity contribution in [2.75, 3.05) is 0 Å². The topological polar surface area (TPSA) is 132 Å². The monoisotopic (exact) mass is 269 g/mol. The van der Waals surface area contributed by atoms with Crippen molar-refractivity contribution >= 4 is 11.9 Å². The summed E-state index contributed by atoms with van der Waals surface area (Å²) >= 11 is 0. The van der Waals surface area contributed by atoms with Crippen LogP contribution in [0.1, 0.15) is 28.5 Å². The molecule has 0 aliphatic carbocycles. The summed E-state index contributed by atoms with van der Waals surface area (Å²) in [6.07, 6.45) is -1.29. The van der Waals surface area contributed by atoms with E-state index < -0.39 is 29.6 Å². The Bertz CT molecular complexity index is 564. The molecule has 1 amide bonds. The van der Waals surface area contributed by atoms with Gasteiger partial charge in [-0.1, -0.05) is 0 Å². The molecule has 1 aromatic heterocycles. The third-order valence-electron chi connectivity index (χ3n) is 2.73. The van der Waals surface area contributed by atoms with E-state index in [9.17, 15) is 19.5 Å². The number of aliphatic hydroxyl groups is 1. The van der Waals surface area contributed by atoms with Crippen LogP contribution in [0.3, 0.4) is 0 Å². The van der Waals surface area contributed by atoms with E-state index in [1.54, 1.807) is 6.92 Å². The van der Waals surface area contributed by atoms with Crippen molar-refractivity contribution in [3.63, 3.8) is 0 Å². The van der Waals surface area contributed by atoms with Gasteiger partial charge >= 0.3 is 5.97 Å². The third-order valence-corrected chi connectivity index (χ3v) is 2.73. The standard InChI is InChI=1S/C11H15N3O5/c1-4-5(2)13-14-10(17)7(4)9(16)12-8(6(3)15)11(18)19/h6,8,15H,1-3H3,(H,12,16)(H,14,17)(H,18,19). The molecule has 1 rings (SSSR count). The molecule has 4 N–H and O–H groups in total. The molecule has 0 aliphatic rings. The molecule has 8 nitrogen and oxygen atoms in total. The largest absolute Gasteiger partial charge is 0.480 e. The van der Waals surface area contributed by atoms with E-state index in [-0.39, 0.29) is 5.56 Å². The van der Waals surface area contributed by atoms with Crippen LogP contribution in [0.4, 0.5) is 0 Å². The number of rotatable bonds is 4. The normalized spacial score (nSPS) is 13.7. The first-order valence-electron chi connectivity index (χ1n) is 5.53. The Balaban J connectivity index is 3.12. The lowest BCUT2D eigenvalue weighted by Crippen LogP contribution is -2.49. The van der Waals surface area contributed by atoms with Crippen molar-refractivity contribution < 1.29 is 19.8 Å². The van der Waals surface area contributed by atoms with Gasteiger partial charge in [-0.25, -0.2) is 9.89 Å². The first kappa shape index (κ1) is 14.8. The van der Waals surface area contributed by atoms with Gasteiger partial charge in [-0.05, 0) is 26.3 Å². The number of carboxylic acids is 1. The maximum atomic E-state index is 11.9. The number of aryl methyl sites for hydroxylation is 1. The highest BCUT2D eigenvalue weighted by Gasteiger charge is 2.27. The van der Waals surface area contributed by atoms with E-state index in [4.69, 9.17) is 5.11 Å². The summed E-state index contributed by atoms with van der Waals surface area (Å²) in [5.41, 5.74) is -0.112. The number of aliphatic hydroxyl groups excluding tert-OH is 1. The van der Waals surface area contributed by atoms with Crippen molar-refractivity contribution in [3.05, 3.63) is 27.2 Å². The van der Waals surface area contributed by atoms with Crippen molar-refractivity contribution in [1.82, 2.24) is 15.5 Å². The summed E-state index contributed by atoms with van der Waals surface area (Å²) in [5.74, 6) is -2.25. The zero-order valence-corrected chi connectivity index (χ0v) is 10.7. The number of nitrogens with one attached hydrogen (secondary N) is 2. The highest BCUT2D eigenvalue weighted by molar-refractivity contribution is 5.97. The van der Waals surface area contributed by atoms with Crippen LogP contribution in [-0.4, -0.2) is 44.4 Å². The lowest BCUT2D eigenvalue weighted by Gasteiger charge is -2.17. The highest BCUT2D eigenvalue weighted by Crippen LogP contribution is 2.05. The fraction of sp³-hybridized carbons (Fsp3) is 0.455. The van der Waals surface area contributed by atoms with E-state index in [0.29, 0.717) is 11.3 Å². The number of aromatic nitrogens is 2. The molecule has 0 spiro atoms. The van der Waals surface area contributed by atoms with Gasteiger partial charge in [0.05, 0.1) is 11.8 Å². The van der Waals surface area contributed by atoms with Gasteiger partial charge in [-0.15, -0.1) is 0 Å². The summed E-state index contributed by atoms with van der Waals surface area (Å²) in [6.45, 7) is 4.37. The molecule has 0 saturated heterocycles. The molecule has 19 heavy (non-hydrogen) atoms. The number of aromatic amines is 1. The Morgan fingerprint density at radius 2 is 1.95 bits per heavy atom. The minimum Gasteiger partial charge on any atom is -0.480 e. The fourth-order valence-electron chi connectivity index (χ4n) is 1.50. The second-order valence-corrected chi connectivity index (χ2v) is 4.17. The van der Waals surface area contributed by atoms with E-state index in [1.165, 1.54) is 13.8 Å². The summed E-state index contributed by atoms with van der Waals surface area (Å²) < 4.78 is 0. The second kappa shape index (κ2) is 5.61. The molecule has 0 aliphatic heterocycles. The van der Waals surface area contributed by atoms with Crippen LogP contribution in [0.5, 0.6) is 0 Å². The number of hydrogen-bond donors (Lipinski definition) is 4. The predicted octanol–water partition coefficient (Wildman–Crippen LogP) is -1.05. The van der Waals surface area contributed by atoms with Crippen LogP contribution in [0.2, 0.25) is 0 Å². The third kappa shape index (κ3) is 3.16. The van der Waals surface area contributed by atoms with E-state index in [2.05, 4.69) is 15.5 Å². The number of hydrogen-bond acceptors (Lipinski definition) is 5. The molecule has 1 heterocycles. The Morgan fingerprint density at radius 1 is 1.37 bits per heavy atom. The lowest BCUT2D eigenvalue weighted by molar-refractivity contribution is -0.141.